The number of ether oxygens (including phenoxy) is 1. The van der Waals surface area contributed by atoms with Crippen LogP contribution in [0.25, 0.3) is 11.1 Å². The molecule has 0 amide bonds. The fraction of sp³-hybridized carbons (Fsp3) is 0.422. The van der Waals surface area contributed by atoms with Crippen molar-refractivity contribution in [1.29, 1.82) is 0 Å². The third kappa shape index (κ3) is 11.7. The van der Waals surface area contributed by atoms with Crippen molar-refractivity contribution in [2.24, 2.45) is 0 Å². The molecule has 65 heavy (non-hydrogen) atoms. The van der Waals surface area contributed by atoms with E-state index >= 15 is 0 Å². The molecule has 8 rings (SSSR count). The topological polar surface area (TPSA) is 142 Å². The largest absolute Gasteiger partial charge is 0.501 e. The highest BCUT2D eigenvalue weighted by atomic mass is 35.5. The summed E-state index contributed by atoms with van der Waals surface area (Å²) in [6.45, 7) is 7.19. The first-order chi connectivity index (χ1) is 31.2. The van der Waals surface area contributed by atoms with Crippen LogP contribution in [0.15, 0.2) is 112 Å². The molecule has 3 aliphatic rings. The number of anilines is 2. The van der Waals surface area contributed by atoms with E-state index in [2.05, 4.69) is 53.1 Å². The van der Waals surface area contributed by atoms with E-state index in [1.165, 1.54) is 22.9 Å². The Balaban J connectivity index is 0.945. The Morgan fingerprint density at radius 1 is 0.831 bits per heavy atom. The molecule has 0 bridgehead atoms. The fourth-order valence-electron chi connectivity index (χ4n) is 8.64. The van der Waals surface area contributed by atoms with Crippen LogP contribution in [0.3, 0.4) is 0 Å². The van der Waals surface area contributed by atoms with Crippen LogP contribution in [0.4, 0.5) is 24.8 Å². The van der Waals surface area contributed by atoms with Crippen molar-refractivity contribution >= 4 is 54.9 Å². The van der Waals surface area contributed by atoms with Gasteiger partial charge in [0.05, 0.1) is 30.3 Å². The third-order valence-electron chi connectivity index (χ3n) is 12.2. The van der Waals surface area contributed by atoms with Gasteiger partial charge in [-0.3, -0.25) is 19.3 Å². The summed E-state index contributed by atoms with van der Waals surface area (Å²) in [6, 6.07) is 28.3. The number of sulfonamides is 1. The zero-order chi connectivity index (χ0) is 45.6. The molecule has 13 nitrogen and oxygen atoms in total. The lowest BCUT2D eigenvalue weighted by molar-refractivity contribution is -0.0435. The molecule has 2 N–H and O–H groups in total. The van der Waals surface area contributed by atoms with E-state index in [-0.39, 0.29) is 17.7 Å². The average Bonchev–Trinajstić information content (AvgIpc) is 3.54. The molecule has 3 aliphatic heterocycles. The van der Waals surface area contributed by atoms with E-state index in [4.69, 9.17) is 16.3 Å². The van der Waals surface area contributed by atoms with Gasteiger partial charge in [-0.15, -0.1) is 22.0 Å². The Labute approximate surface area is 387 Å². The van der Waals surface area contributed by atoms with Crippen LogP contribution in [0.2, 0.25) is 5.02 Å². The summed E-state index contributed by atoms with van der Waals surface area (Å²) in [5.41, 5.74) is -2.49. The lowest BCUT2D eigenvalue weighted by Crippen LogP contribution is -2.42. The minimum Gasteiger partial charge on any atom is -0.380 e. The van der Waals surface area contributed by atoms with E-state index in [0.717, 1.165) is 61.5 Å². The van der Waals surface area contributed by atoms with E-state index in [1.807, 2.05) is 60.7 Å². The number of hydrogen-bond acceptors (Lipinski definition) is 12. The van der Waals surface area contributed by atoms with Crippen LogP contribution in [0.5, 0.6) is 0 Å². The first-order valence-corrected chi connectivity index (χ1v) is 26.0. The van der Waals surface area contributed by atoms with E-state index < -0.39 is 41.2 Å². The second-order valence-electron chi connectivity index (χ2n) is 16.5. The van der Waals surface area contributed by atoms with Crippen LogP contribution in [-0.2, 0) is 44.2 Å². The number of nitrogens with one attached hydrogen (secondary N) is 2. The predicted octanol–water partition coefficient (Wildman–Crippen LogP) is 7.86. The van der Waals surface area contributed by atoms with Crippen molar-refractivity contribution in [3.8, 4) is 11.1 Å². The lowest BCUT2D eigenvalue weighted by Gasteiger charge is -2.34. The van der Waals surface area contributed by atoms with Crippen molar-refractivity contribution in [2.45, 2.75) is 77.6 Å². The molecule has 2 fully saturated rings. The van der Waals surface area contributed by atoms with Crippen LogP contribution < -0.4 is 10.0 Å². The molecule has 0 radical (unpaired) electrons. The zero-order valence-electron chi connectivity index (χ0n) is 35.7. The van der Waals surface area contributed by atoms with Crippen LogP contribution >= 0.6 is 23.4 Å². The second kappa shape index (κ2) is 20.8. The molecular formula is C45H52ClF3N8O5S3. The smallest absolute Gasteiger partial charge is 0.380 e. The third-order valence-corrected chi connectivity index (χ3v) is 16.5. The minimum absolute atomic E-state index is 0.102. The number of hydrogen-bond donors (Lipinski definition) is 2. The Hall–Kier alpha value is -4.21. The maximum atomic E-state index is 14.3. The standard InChI is InChI=1S/C45H52ClF3N8O5S3/c46-35-14-12-33(13-15-35)40-11-5-4-7-34(40)30-55-20-6-8-37(19-22-55)56-23-24-57-43(31-56)51-52-44(57)53-65(60,61)39-16-17-41(42(29-39)64(58,59)45(47,48)49)50-36(18-21-54-25-27-62-28-26-54)32-63-38-9-2-1-3-10-38/h1-5,7,9-17,29,36-37,50H,6,8,18-28,30-32H2,(H,52,53)/t36-,37-/m1/s1. The van der Waals surface area contributed by atoms with Gasteiger partial charge in [-0.1, -0.05) is 66.2 Å². The highest BCUT2D eigenvalue weighted by molar-refractivity contribution is 7.99. The number of aromatic nitrogens is 3. The van der Waals surface area contributed by atoms with Gasteiger partial charge in [-0.25, -0.2) is 21.6 Å². The zero-order valence-corrected chi connectivity index (χ0v) is 38.9. The molecule has 0 saturated carbocycles. The van der Waals surface area contributed by atoms with Gasteiger partial charge in [0, 0.05) is 67.0 Å². The summed E-state index contributed by atoms with van der Waals surface area (Å²) in [7, 11) is -10.6. The van der Waals surface area contributed by atoms with Gasteiger partial charge in [0.25, 0.3) is 19.9 Å². The second-order valence-corrected chi connectivity index (χ2v) is 21.6. The predicted molar refractivity (Wildman–Crippen MR) is 247 cm³/mol. The molecule has 0 aliphatic carbocycles. The fourth-order valence-corrected chi connectivity index (χ4v) is 11.8. The van der Waals surface area contributed by atoms with Crippen molar-refractivity contribution in [1.82, 2.24) is 29.5 Å². The SMILES string of the molecule is O=S(=O)(Nc1nnc2n1CCN([C@@H]1CCCN(Cc3ccccc3-c3ccc(Cl)cc3)CC1)C2)c1ccc(N[C@H](CCN2CCOCC2)CSc2ccccc2)c(S(=O)(=O)C(F)(F)F)c1. The highest BCUT2D eigenvalue weighted by Crippen LogP contribution is 2.37. The number of rotatable bonds is 16. The summed E-state index contributed by atoms with van der Waals surface area (Å²) in [5.74, 6) is 0.842. The number of thioether (sulfide) groups is 1. The summed E-state index contributed by atoms with van der Waals surface area (Å²) in [5, 5.41) is 12.2. The number of likely N-dealkylation sites (tertiary alicyclic amines) is 1. The van der Waals surface area contributed by atoms with Gasteiger partial charge in [-0.2, -0.15) is 13.2 Å². The molecule has 5 aromatic rings. The normalized spacial score (nSPS) is 18.7. The monoisotopic (exact) mass is 972 g/mol. The minimum atomic E-state index is -6.00. The number of alkyl halides is 3. The number of benzene rings is 4. The van der Waals surface area contributed by atoms with Gasteiger partial charge < -0.3 is 10.1 Å². The van der Waals surface area contributed by atoms with Gasteiger partial charge in [0.15, 0.2) is 0 Å². The molecular weight excluding hydrogens is 921 g/mol. The molecule has 1 aromatic heterocycles. The van der Waals surface area contributed by atoms with Gasteiger partial charge in [0.2, 0.25) is 5.95 Å². The van der Waals surface area contributed by atoms with E-state index in [9.17, 15) is 30.0 Å². The molecule has 0 unspecified atom stereocenters. The molecule has 4 aromatic carbocycles. The van der Waals surface area contributed by atoms with Crippen molar-refractivity contribution in [2.75, 3.05) is 68.3 Å². The summed E-state index contributed by atoms with van der Waals surface area (Å²) in [4.78, 5) is 6.10. The number of halogens is 4. The summed E-state index contributed by atoms with van der Waals surface area (Å²) < 4.78 is 106. The van der Waals surface area contributed by atoms with Gasteiger partial charge in [0.1, 0.15) is 10.7 Å². The molecule has 20 heteroatoms. The number of fused-ring (bicyclic) bond motifs is 1. The maximum Gasteiger partial charge on any atom is 0.501 e. The molecule has 348 valence electrons. The first-order valence-electron chi connectivity index (χ1n) is 21.7. The van der Waals surface area contributed by atoms with Crippen molar-refractivity contribution in [3.05, 3.63) is 113 Å². The van der Waals surface area contributed by atoms with Crippen LogP contribution in [0, 0.1) is 0 Å². The van der Waals surface area contributed by atoms with Crippen molar-refractivity contribution < 1.29 is 34.7 Å². The van der Waals surface area contributed by atoms with Crippen LogP contribution in [-0.4, -0.2) is 122 Å². The Morgan fingerprint density at radius 3 is 2.35 bits per heavy atom. The van der Waals surface area contributed by atoms with Crippen molar-refractivity contribution in [3.63, 3.8) is 0 Å². The molecule has 2 atom stereocenters. The highest BCUT2D eigenvalue weighted by Gasteiger charge is 2.48. The quantitative estimate of drug-likeness (QED) is 0.0931. The van der Waals surface area contributed by atoms with Gasteiger partial charge >= 0.3 is 5.51 Å². The molecule has 4 heterocycles. The maximum absolute atomic E-state index is 14.3. The Morgan fingerprint density at radius 2 is 1.58 bits per heavy atom. The molecule has 0 spiro atoms. The summed E-state index contributed by atoms with van der Waals surface area (Å²) >= 11 is 7.63. The van der Waals surface area contributed by atoms with Crippen LogP contribution in [0.1, 0.15) is 37.1 Å². The Kier molecular flexibility index (Phi) is 15.1. The summed E-state index contributed by atoms with van der Waals surface area (Å²) in [6.07, 6.45) is 3.40. The van der Waals surface area contributed by atoms with Gasteiger partial charge in [-0.05, 0) is 97.9 Å². The number of nitrogens with zero attached hydrogens (tertiary/aromatic N) is 6. The lowest BCUT2D eigenvalue weighted by atomic mass is 9.99. The number of morpholine rings is 1. The average molecular weight is 974 g/mol. The first kappa shape index (κ1) is 47.3. The molecule has 2 saturated heterocycles. The number of sulfone groups is 1. The Bertz CT molecular complexity index is 2620. The van der Waals surface area contributed by atoms with E-state index in [0.29, 0.717) is 81.6 Å². The van der Waals surface area contributed by atoms with E-state index in [1.54, 1.807) is 4.57 Å².